The number of imide groups is 1. The van der Waals surface area contributed by atoms with E-state index in [-0.39, 0.29) is 11.8 Å². The largest absolute Gasteiger partial charge is 0.312 e. The van der Waals surface area contributed by atoms with Gasteiger partial charge in [0.2, 0.25) is 11.8 Å². The van der Waals surface area contributed by atoms with E-state index in [0.29, 0.717) is 24.9 Å². The third kappa shape index (κ3) is 2.74. The zero-order chi connectivity index (χ0) is 13.3. The van der Waals surface area contributed by atoms with Crippen LogP contribution in [0.3, 0.4) is 0 Å². The average molecular weight is 252 g/mol. The van der Waals surface area contributed by atoms with Crippen molar-refractivity contribution in [2.24, 2.45) is 11.3 Å². The summed E-state index contributed by atoms with van der Waals surface area (Å²) in [6.07, 6.45) is 3.88. The molecule has 0 bridgehead atoms. The van der Waals surface area contributed by atoms with Crippen LogP contribution in [0.15, 0.2) is 0 Å². The van der Waals surface area contributed by atoms with Crippen molar-refractivity contribution >= 4 is 11.8 Å². The van der Waals surface area contributed by atoms with Crippen LogP contribution in [0, 0.1) is 11.3 Å². The van der Waals surface area contributed by atoms with Gasteiger partial charge in [-0.1, -0.05) is 20.8 Å². The van der Waals surface area contributed by atoms with Crippen molar-refractivity contribution in [2.45, 2.75) is 52.5 Å². The van der Waals surface area contributed by atoms with E-state index in [4.69, 9.17) is 0 Å². The van der Waals surface area contributed by atoms with Crippen molar-refractivity contribution in [3.8, 4) is 0 Å². The fraction of sp³-hybridized carbons (Fsp3) is 0.857. The van der Waals surface area contributed by atoms with Gasteiger partial charge in [-0.3, -0.25) is 14.5 Å². The first-order chi connectivity index (χ1) is 8.45. The lowest BCUT2D eigenvalue weighted by Gasteiger charge is -2.24. The highest BCUT2D eigenvalue weighted by Crippen LogP contribution is 2.36. The van der Waals surface area contributed by atoms with Crippen LogP contribution in [-0.2, 0) is 9.59 Å². The molecule has 1 saturated heterocycles. The Morgan fingerprint density at radius 1 is 1.39 bits per heavy atom. The molecule has 4 heteroatoms. The summed E-state index contributed by atoms with van der Waals surface area (Å²) in [6.45, 7) is 7.37. The molecule has 1 unspecified atom stereocenters. The Morgan fingerprint density at radius 2 is 2.06 bits per heavy atom. The first-order valence-corrected chi connectivity index (χ1v) is 7.04. The second-order valence-electron chi connectivity index (χ2n) is 6.27. The van der Waals surface area contributed by atoms with Crippen LogP contribution in [-0.4, -0.2) is 35.8 Å². The summed E-state index contributed by atoms with van der Waals surface area (Å²) in [6, 6.07) is 0.298. The molecule has 0 spiro atoms. The molecule has 1 aliphatic carbocycles. The topological polar surface area (TPSA) is 49.4 Å². The Hall–Kier alpha value is -0.900. The second-order valence-corrected chi connectivity index (χ2v) is 6.27. The molecule has 0 aromatic rings. The average Bonchev–Trinajstić information content (AvgIpc) is 3.08. The lowest BCUT2D eigenvalue weighted by molar-refractivity contribution is -0.141. The number of hydrogen-bond donors (Lipinski definition) is 1. The van der Waals surface area contributed by atoms with E-state index in [1.807, 2.05) is 13.8 Å². The Balaban J connectivity index is 1.98. The minimum atomic E-state index is -0.504. The molecule has 2 fully saturated rings. The number of carbonyl (C=O) groups is 2. The van der Waals surface area contributed by atoms with Gasteiger partial charge in [0.15, 0.2) is 0 Å². The van der Waals surface area contributed by atoms with Crippen LogP contribution in [0.5, 0.6) is 0 Å². The number of nitrogens with zero attached hydrogens (tertiary/aromatic N) is 1. The van der Waals surface area contributed by atoms with Crippen molar-refractivity contribution in [1.29, 1.82) is 0 Å². The maximum absolute atomic E-state index is 12.2. The van der Waals surface area contributed by atoms with Gasteiger partial charge in [0.05, 0.1) is 5.41 Å². The summed E-state index contributed by atoms with van der Waals surface area (Å²) < 4.78 is 0. The monoisotopic (exact) mass is 252 g/mol. The first kappa shape index (κ1) is 13.5. The Kier molecular flexibility index (Phi) is 3.76. The summed E-state index contributed by atoms with van der Waals surface area (Å²) in [4.78, 5) is 25.6. The summed E-state index contributed by atoms with van der Waals surface area (Å²) in [5, 5.41) is 3.48. The maximum Gasteiger partial charge on any atom is 0.235 e. The Bertz CT molecular complexity index is 348. The molecule has 2 aliphatic rings. The smallest absolute Gasteiger partial charge is 0.235 e. The van der Waals surface area contributed by atoms with Gasteiger partial charge in [0.1, 0.15) is 0 Å². The molecule has 1 heterocycles. The SMILES string of the molecule is CCCNC(CN1C(=O)CC(C)(C)C1=O)C1CC1. The molecule has 1 aliphatic heterocycles. The second kappa shape index (κ2) is 5.00. The number of likely N-dealkylation sites (tertiary alicyclic amines) is 1. The number of carbonyl (C=O) groups excluding carboxylic acids is 2. The maximum atomic E-state index is 12.2. The van der Waals surface area contributed by atoms with Gasteiger partial charge >= 0.3 is 0 Å². The summed E-state index contributed by atoms with van der Waals surface area (Å²) in [5.74, 6) is 0.645. The van der Waals surface area contributed by atoms with Crippen molar-refractivity contribution in [3.05, 3.63) is 0 Å². The number of rotatable bonds is 6. The molecule has 102 valence electrons. The van der Waals surface area contributed by atoms with Gasteiger partial charge in [-0.15, -0.1) is 0 Å². The van der Waals surface area contributed by atoms with Crippen LogP contribution < -0.4 is 5.32 Å². The molecule has 1 N–H and O–H groups in total. The van der Waals surface area contributed by atoms with Crippen molar-refractivity contribution in [3.63, 3.8) is 0 Å². The summed E-state index contributed by atoms with van der Waals surface area (Å²) in [7, 11) is 0. The van der Waals surface area contributed by atoms with Crippen LogP contribution in [0.1, 0.15) is 46.5 Å². The molecule has 1 atom stereocenters. The van der Waals surface area contributed by atoms with Gasteiger partial charge in [-0.2, -0.15) is 0 Å². The quantitative estimate of drug-likeness (QED) is 0.730. The van der Waals surface area contributed by atoms with Crippen LogP contribution >= 0.6 is 0 Å². The minimum Gasteiger partial charge on any atom is -0.312 e. The Morgan fingerprint density at radius 3 is 2.50 bits per heavy atom. The van der Waals surface area contributed by atoms with Gasteiger partial charge in [0.25, 0.3) is 0 Å². The van der Waals surface area contributed by atoms with Gasteiger partial charge in [-0.25, -0.2) is 0 Å². The highest BCUT2D eigenvalue weighted by Gasteiger charge is 2.46. The number of amides is 2. The van der Waals surface area contributed by atoms with Crippen molar-refractivity contribution in [1.82, 2.24) is 10.2 Å². The molecule has 0 aromatic carbocycles. The molecule has 1 saturated carbocycles. The van der Waals surface area contributed by atoms with Gasteiger partial charge in [-0.05, 0) is 31.7 Å². The van der Waals surface area contributed by atoms with Crippen molar-refractivity contribution < 1.29 is 9.59 Å². The lowest BCUT2D eigenvalue weighted by atomic mass is 9.92. The predicted octanol–water partition coefficient (Wildman–Crippen LogP) is 1.55. The molecule has 4 nitrogen and oxygen atoms in total. The van der Waals surface area contributed by atoms with E-state index in [1.165, 1.54) is 17.7 Å². The molecular formula is C14H24N2O2. The molecular weight excluding hydrogens is 228 g/mol. The lowest BCUT2D eigenvalue weighted by Crippen LogP contribution is -2.45. The third-order valence-electron chi connectivity index (χ3n) is 3.95. The fourth-order valence-electron chi connectivity index (χ4n) is 2.62. The number of hydrogen-bond acceptors (Lipinski definition) is 3. The highest BCUT2D eigenvalue weighted by molar-refractivity contribution is 6.05. The first-order valence-electron chi connectivity index (χ1n) is 7.04. The van der Waals surface area contributed by atoms with Gasteiger partial charge < -0.3 is 5.32 Å². The van der Waals surface area contributed by atoms with E-state index in [9.17, 15) is 9.59 Å². The highest BCUT2D eigenvalue weighted by atomic mass is 16.2. The molecule has 18 heavy (non-hydrogen) atoms. The summed E-state index contributed by atoms with van der Waals surface area (Å²) >= 11 is 0. The van der Waals surface area contributed by atoms with Crippen LogP contribution in [0.25, 0.3) is 0 Å². The van der Waals surface area contributed by atoms with Crippen LogP contribution in [0.4, 0.5) is 0 Å². The molecule has 0 radical (unpaired) electrons. The molecule has 0 aromatic heterocycles. The van der Waals surface area contributed by atoms with E-state index in [2.05, 4.69) is 12.2 Å². The molecule has 2 rings (SSSR count). The van der Waals surface area contributed by atoms with E-state index in [0.717, 1.165) is 13.0 Å². The Labute approximate surface area is 109 Å². The minimum absolute atomic E-state index is 0.00329. The van der Waals surface area contributed by atoms with E-state index < -0.39 is 5.41 Å². The predicted molar refractivity (Wildman–Crippen MR) is 69.9 cm³/mol. The number of nitrogens with one attached hydrogen (secondary N) is 1. The molecule has 2 amide bonds. The fourth-order valence-corrected chi connectivity index (χ4v) is 2.62. The van der Waals surface area contributed by atoms with E-state index >= 15 is 0 Å². The summed E-state index contributed by atoms with van der Waals surface area (Å²) in [5.41, 5.74) is -0.504. The zero-order valence-electron chi connectivity index (χ0n) is 11.7. The third-order valence-corrected chi connectivity index (χ3v) is 3.95. The standard InChI is InChI=1S/C14H24N2O2/c1-4-7-15-11(10-5-6-10)9-16-12(17)8-14(2,3)13(16)18/h10-11,15H,4-9H2,1-3H3. The zero-order valence-corrected chi connectivity index (χ0v) is 11.7. The van der Waals surface area contributed by atoms with E-state index in [1.54, 1.807) is 0 Å². The van der Waals surface area contributed by atoms with Crippen molar-refractivity contribution in [2.75, 3.05) is 13.1 Å². The normalized spacial score (nSPS) is 24.7. The van der Waals surface area contributed by atoms with Crippen LogP contribution in [0.2, 0.25) is 0 Å². The van der Waals surface area contributed by atoms with Gasteiger partial charge in [0, 0.05) is 19.0 Å².